The molecule has 4 nitrogen and oxygen atoms in total. The summed E-state index contributed by atoms with van der Waals surface area (Å²) in [5, 5.41) is 10.8. The van der Waals surface area contributed by atoms with Crippen molar-refractivity contribution >= 4 is 43.8 Å². The standard InChI is InChI=1S/C12H7NO3S2/c14-11(6-3-7(12(15)16)13-5-6)10-4-9-8(18-10)1-2-17-9/h1-5,13H,(H,15,16). The molecule has 3 rings (SSSR count). The molecule has 90 valence electrons. The van der Waals surface area contributed by atoms with Gasteiger partial charge in [0.15, 0.2) is 0 Å². The summed E-state index contributed by atoms with van der Waals surface area (Å²) in [6, 6.07) is 5.18. The molecule has 0 saturated carbocycles. The fraction of sp³-hybridized carbons (Fsp3) is 0. The molecule has 0 radical (unpaired) electrons. The number of thiophene rings is 2. The molecule has 0 aliphatic carbocycles. The molecule has 0 fully saturated rings. The first-order chi connectivity index (χ1) is 8.65. The molecular weight excluding hydrogens is 270 g/mol. The van der Waals surface area contributed by atoms with E-state index in [1.54, 1.807) is 11.3 Å². The Hall–Kier alpha value is -1.92. The quantitative estimate of drug-likeness (QED) is 0.722. The van der Waals surface area contributed by atoms with Gasteiger partial charge < -0.3 is 10.1 Å². The molecule has 0 aliphatic heterocycles. The van der Waals surface area contributed by atoms with Gasteiger partial charge in [-0.3, -0.25) is 4.79 Å². The predicted molar refractivity (Wildman–Crippen MR) is 70.9 cm³/mol. The van der Waals surface area contributed by atoms with E-state index in [9.17, 15) is 9.59 Å². The van der Waals surface area contributed by atoms with Crippen LogP contribution in [0.15, 0.2) is 29.8 Å². The Morgan fingerprint density at radius 1 is 1.22 bits per heavy atom. The number of hydrogen-bond acceptors (Lipinski definition) is 4. The number of H-pyrrole nitrogens is 1. The van der Waals surface area contributed by atoms with Gasteiger partial charge in [-0.1, -0.05) is 0 Å². The van der Waals surface area contributed by atoms with Crippen molar-refractivity contribution < 1.29 is 14.7 Å². The Balaban J connectivity index is 1.98. The molecular formula is C12H7NO3S2. The number of rotatable bonds is 3. The molecule has 0 saturated heterocycles. The Kier molecular flexibility index (Phi) is 2.53. The van der Waals surface area contributed by atoms with E-state index in [1.807, 2.05) is 17.5 Å². The second-order valence-electron chi connectivity index (χ2n) is 3.70. The largest absolute Gasteiger partial charge is 0.477 e. The molecule has 3 aromatic heterocycles. The fourth-order valence-electron chi connectivity index (χ4n) is 1.67. The topological polar surface area (TPSA) is 70.2 Å². The third-order valence-corrected chi connectivity index (χ3v) is 4.63. The minimum atomic E-state index is -1.07. The van der Waals surface area contributed by atoms with Crippen molar-refractivity contribution in [2.24, 2.45) is 0 Å². The Labute approximate surface area is 110 Å². The fourth-order valence-corrected chi connectivity index (χ4v) is 3.74. The van der Waals surface area contributed by atoms with Crippen molar-refractivity contribution in [3.05, 3.63) is 45.9 Å². The van der Waals surface area contributed by atoms with E-state index in [0.717, 1.165) is 9.40 Å². The summed E-state index contributed by atoms with van der Waals surface area (Å²) >= 11 is 3.01. The van der Waals surface area contributed by atoms with Crippen LogP contribution in [0.1, 0.15) is 25.7 Å². The number of carbonyl (C=O) groups is 2. The van der Waals surface area contributed by atoms with E-state index in [1.165, 1.54) is 23.6 Å². The smallest absolute Gasteiger partial charge is 0.352 e. The lowest BCUT2D eigenvalue weighted by Crippen LogP contribution is -1.97. The molecule has 0 aliphatic rings. The maximum atomic E-state index is 12.2. The second kappa shape index (κ2) is 4.08. The van der Waals surface area contributed by atoms with E-state index in [4.69, 9.17) is 5.11 Å². The number of carboxylic acid groups (broad SMARTS) is 1. The van der Waals surface area contributed by atoms with E-state index in [0.29, 0.717) is 10.4 Å². The number of carbonyl (C=O) groups excluding carboxylic acids is 1. The lowest BCUT2D eigenvalue weighted by atomic mass is 10.2. The molecule has 0 spiro atoms. The normalized spacial score (nSPS) is 10.9. The third kappa shape index (κ3) is 1.75. The van der Waals surface area contributed by atoms with Crippen LogP contribution >= 0.6 is 22.7 Å². The summed E-state index contributed by atoms with van der Waals surface area (Å²) in [5.74, 6) is -1.21. The maximum absolute atomic E-state index is 12.2. The zero-order valence-corrected chi connectivity index (χ0v) is 10.6. The van der Waals surface area contributed by atoms with Crippen LogP contribution in [0.25, 0.3) is 9.40 Å². The molecule has 2 N–H and O–H groups in total. The number of fused-ring (bicyclic) bond motifs is 1. The van der Waals surface area contributed by atoms with Crippen LogP contribution in [0.4, 0.5) is 0 Å². The average molecular weight is 277 g/mol. The molecule has 18 heavy (non-hydrogen) atoms. The van der Waals surface area contributed by atoms with Crippen LogP contribution in [-0.2, 0) is 0 Å². The molecule has 0 atom stereocenters. The van der Waals surface area contributed by atoms with E-state index >= 15 is 0 Å². The van der Waals surface area contributed by atoms with E-state index < -0.39 is 5.97 Å². The Morgan fingerprint density at radius 3 is 2.72 bits per heavy atom. The van der Waals surface area contributed by atoms with Gasteiger partial charge in [-0.25, -0.2) is 4.79 Å². The van der Waals surface area contributed by atoms with Crippen molar-refractivity contribution in [3.8, 4) is 0 Å². The van der Waals surface area contributed by atoms with Crippen LogP contribution < -0.4 is 0 Å². The molecule has 0 aromatic carbocycles. The number of aromatic carboxylic acids is 1. The lowest BCUT2D eigenvalue weighted by Gasteiger charge is -1.91. The molecule has 3 heterocycles. The average Bonchev–Trinajstić information content (AvgIpc) is 3.02. The monoisotopic (exact) mass is 277 g/mol. The van der Waals surface area contributed by atoms with Gasteiger partial charge in [0.1, 0.15) is 5.69 Å². The van der Waals surface area contributed by atoms with Crippen LogP contribution in [0.5, 0.6) is 0 Å². The highest BCUT2D eigenvalue weighted by Crippen LogP contribution is 2.31. The SMILES string of the molecule is O=C(O)c1cc(C(=O)c2cc3sccc3s2)c[nH]1. The predicted octanol–water partition coefficient (Wildman–Crippen LogP) is 3.22. The second-order valence-corrected chi connectivity index (χ2v) is 5.73. The first-order valence-corrected chi connectivity index (χ1v) is 6.78. The first-order valence-electron chi connectivity index (χ1n) is 5.08. The van der Waals surface area contributed by atoms with Gasteiger partial charge >= 0.3 is 5.97 Å². The van der Waals surface area contributed by atoms with Gasteiger partial charge in [0.2, 0.25) is 5.78 Å². The van der Waals surface area contributed by atoms with Crippen molar-refractivity contribution in [1.29, 1.82) is 0 Å². The van der Waals surface area contributed by atoms with Crippen LogP contribution in [0.2, 0.25) is 0 Å². The van der Waals surface area contributed by atoms with Crippen molar-refractivity contribution in [2.75, 3.05) is 0 Å². The summed E-state index contributed by atoms with van der Waals surface area (Å²) in [4.78, 5) is 26.1. The van der Waals surface area contributed by atoms with Gasteiger partial charge in [-0.05, 0) is 23.6 Å². The van der Waals surface area contributed by atoms with E-state index in [-0.39, 0.29) is 11.5 Å². The molecule has 3 aromatic rings. The van der Waals surface area contributed by atoms with Crippen LogP contribution in [0.3, 0.4) is 0 Å². The van der Waals surface area contributed by atoms with Gasteiger partial charge in [0.05, 0.1) is 4.88 Å². The summed E-state index contributed by atoms with van der Waals surface area (Å²) in [6.45, 7) is 0. The number of aromatic amines is 1. The number of hydrogen-bond donors (Lipinski definition) is 2. The molecule has 0 amide bonds. The summed E-state index contributed by atoms with van der Waals surface area (Å²) in [6.07, 6.45) is 1.43. The Morgan fingerprint density at radius 2 is 2.06 bits per heavy atom. The number of aromatic nitrogens is 1. The minimum absolute atomic E-state index is 0.0247. The number of ketones is 1. The summed E-state index contributed by atoms with van der Waals surface area (Å²) < 4.78 is 2.16. The molecule has 0 unspecified atom stereocenters. The third-order valence-electron chi connectivity index (χ3n) is 2.54. The van der Waals surface area contributed by atoms with Gasteiger partial charge in [0, 0.05) is 21.2 Å². The zero-order valence-electron chi connectivity index (χ0n) is 8.97. The maximum Gasteiger partial charge on any atom is 0.352 e. The van der Waals surface area contributed by atoms with Crippen molar-refractivity contribution in [2.45, 2.75) is 0 Å². The summed E-state index contributed by atoms with van der Waals surface area (Å²) in [5.41, 5.74) is 0.401. The lowest BCUT2D eigenvalue weighted by molar-refractivity contribution is 0.0691. The zero-order chi connectivity index (χ0) is 12.7. The van der Waals surface area contributed by atoms with Gasteiger partial charge in [0.25, 0.3) is 0 Å². The highest BCUT2D eigenvalue weighted by Gasteiger charge is 2.16. The first kappa shape index (κ1) is 11.2. The van der Waals surface area contributed by atoms with Gasteiger partial charge in [-0.2, -0.15) is 0 Å². The highest BCUT2D eigenvalue weighted by molar-refractivity contribution is 7.28. The Bertz CT molecular complexity index is 722. The minimum Gasteiger partial charge on any atom is -0.477 e. The highest BCUT2D eigenvalue weighted by atomic mass is 32.1. The van der Waals surface area contributed by atoms with Gasteiger partial charge in [-0.15, -0.1) is 22.7 Å². The van der Waals surface area contributed by atoms with Crippen LogP contribution in [0, 0.1) is 0 Å². The van der Waals surface area contributed by atoms with Crippen molar-refractivity contribution in [1.82, 2.24) is 4.98 Å². The van der Waals surface area contributed by atoms with E-state index in [2.05, 4.69) is 4.98 Å². The van der Waals surface area contributed by atoms with Crippen molar-refractivity contribution in [3.63, 3.8) is 0 Å². The number of carboxylic acids is 1. The van der Waals surface area contributed by atoms with Crippen LogP contribution in [-0.4, -0.2) is 21.8 Å². The summed E-state index contributed by atoms with van der Waals surface area (Å²) in [7, 11) is 0. The molecule has 0 bridgehead atoms. The molecule has 6 heteroatoms. The number of nitrogens with one attached hydrogen (secondary N) is 1.